The molecule has 0 radical (unpaired) electrons. The van der Waals surface area contributed by atoms with Crippen molar-refractivity contribution in [2.75, 3.05) is 26.2 Å². The number of benzene rings is 1. The maximum Gasteiger partial charge on any atom is 0.263 e. The van der Waals surface area contributed by atoms with E-state index in [2.05, 4.69) is 39.1 Å². The lowest BCUT2D eigenvalue weighted by molar-refractivity contribution is -0.139. The van der Waals surface area contributed by atoms with Crippen LogP contribution in [0.1, 0.15) is 57.6 Å². The summed E-state index contributed by atoms with van der Waals surface area (Å²) in [5, 5.41) is 3.41. The third kappa shape index (κ3) is 6.17. The Morgan fingerprint density at radius 3 is 2.46 bits per heavy atom. The highest BCUT2D eigenvalue weighted by molar-refractivity contribution is 5.85. The van der Waals surface area contributed by atoms with E-state index in [1.54, 1.807) is 0 Å². The SMILES string of the molecule is CCNCC1CCN(C(=O)C(C)Oc2ccc(C(C)C)c(C)c2)CC1.Cl. The molecular weight excluding hydrogens is 348 g/mol. The number of aryl methyl sites for hydroxylation is 1. The van der Waals surface area contributed by atoms with Crippen LogP contribution < -0.4 is 10.1 Å². The minimum Gasteiger partial charge on any atom is -0.481 e. The van der Waals surface area contributed by atoms with Crippen molar-refractivity contribution < 1.29 is 9.53 Å². The number of hydrogen-bond acceptors (Lipinski definition) is 3. The molecule has 1 amide bonds. The average molecular weight is 383 g/mol. The normalized spacial score (nSPS) is 16.3. The molecular formula is C21H35ClN2O2. The Balaban J connectivity index is 0.00000338. The summed E-state index contributed by atoms with van der Waals surface area (Å²) in [5.74, 6) is 2.07. The van der Waals surface area contributed by atoms with E-state index >= 15 is 0 Å². The van der Waals surface area contributed by atoms with E-state index in [1.807, 2.05) is 24.0 Å². The van der Waals surface area contributed by atoms with Gasteiger partial charge in [0.25, 0.3) is 5.91 Å². The van der Waals surface area contributed by atoms with Crippen LogP contribution >= 0.6 is 12.4 Å². The minimum absolute atomic E-state index is 0. The van der Waals surface area contributed by atoms with Crippen LogP contribution in [0.3, 0.4) is 0 Å². The minimum atomic E-state index is -0.436. The van der Waals surface area contributed by atoms with Gasteiger partial charge in [0.1, 0.15) is 5.75 Å². The zero-order chi connectivity index (χ0) is 18.4. The van der Waals surface area contributed by atoms with Gasteiger partial charge in [0.15, 0.2) is 6.10 Å². The molecule has 0 aromatic heterocycles. The fraction of sp³-hybridized carbons (Fsp3) is 0.667. The van der Waals surface area contributed by atoms with Gasteiger partial charge in [-0.1, -0.05) is 26.8 Å². The number of hydrogen-bond donors (Lipinski definition) is 1. The lowest BCUT2D eigenvalue weighted by atomic mass is 9.96. The summed E-state index contributed by atoms with van der Waals surface area (Å²) in [6.07, 6.45) is 1.72. The van der Waals surface area contributed by atoms with Gasteiger partial charge in [-0.2, -0.15) is 0 Å². The van der Waals surface area contributed by atoms with Crippen molar-refractivity contribution in [2.24, 2.45) is 5.92 Å². The first-order valence-corrected chi connectivity index (χ1v) is 9.69. The van der Waals surface area contributed by atoms with E-state index in [4.69, 9.17) is 4.74 Å². The number of halogens is 1. The first-order valence-electron chi connectivity index (χ1n) is 9.69. The maximum atomic E-state index is 12.7. The lowest BCUT2D eigenvalue weighted by Gasteiger charge is -2.33. The van der Waals surface area contributed by atoms with Crippen LogP contribution in [0.2, 0.25) is 0 Å². The molecule has 1 atom stereocenters. The van der Waals surface area contributed by atoms with Crippen LogP contribution in [0.25, 0.3) is 0 Å². The highest BCUT2D eigenvalue weighted by atomic mass is 35.5. The Morgan fingerprint density at radius 2 is 1.92 bits per heavy atom. The zero-order valence-electron chi connectivity index (χ0n) is 16.9. The number of rotatable bonds is 7. The first-order chi connectivity index (χ1) is 11.9. The van der Waals surface area contributed by atoms with Crippen molar-refractivity contribution in [1.82, 2.24) is 10.2 Å². The molecule has 2 rings (SSSR count). The number of piperidine rings is 1. The molecule has 1 fully saturated rings. The quantitative estimate of drug-likeness (QED) is 0.769. The molecule has 0 saturated carbocycles. The first kappa shape index (κ1) is 22.8. The average Bonchev–Trinajstić information content (AvgIpc) is 2.59. The maximum absolute atomic E-state index is 12.7. The molecule has 1 heterocycles. The van der Waals surface area contributed by atoms with Gasteiger partial charge in [0.2, 0.25) is 0 Å². The lowest BCUT2D eigenvalue weighted by Crippen LogP contribution is -2.45. The highest BCUT2D eigenvalue weighted by Gasteiger charge is 2.26. The smallest absolute Gasteiger partial charge is 0.263 e. The summed E-state index contributed by atoms with van der Waals surface area (Å²) < 4.78 is 5.93. The summed E-state index contributed by atoms with van der Waals surface area (Å²) in [6.45, 7) is 14.2. The largest absolute Gasteiger partial charge is 0.481 e. The van der Waals surface area contributed by atoms with Gasteiger partial charge in [0, 0.05) is 13.1 Å². The molecule has 1 aliphatic rings. The predicted octanol–water partition coefficient (Wildman–Crippen LogP) is 4.16. The fourth-order valence-electron chi connectivity index (χ4n) is 3.59. The summed E-state index contributed by atoms with van der Waals surface area (Å²) in [5.41, 5.74) is 2.55. The molecule has 1 aromatic carbocycles. The molecule has 0 bridgehead atoms. The van der Waals surface area contributed by atoms with Gasteiger partial charge in [-0.3, -0.25) is 4.79 Å². The van der Waals surface area contributed by atoms with Gasteiger partial charge in [0.05, 0.1) is 0 Å². The van der Waals surface area contributed by atoms with E-state index in [0.29, 0.717) is 11.8 Å². The van der Waals surface area contributed by atoms with Crippen LogP contribution in [0.5, 0.6) is 5.75 Å². The highest BCUT2D eigenvalue weighted by Crippen LogP contribution is 2.25. The van der Waals surface area contributed by atoms with Crippen LogP contribution in [-0.4, -0.2) is 43.1 Å². The molecule has 1 aromatic rings. The topological polar surface area (TPSA) is 41.6 Å². The molecule has 26 heavy (non-hydrogen) atoms. The molecule has 1 aliphatic heterocycles. The van der Waals surface area contributed by atoms with Crippen LogP contribution in [0.4, 0.5) is 0 Å². The number of carbonyl (C=O) groups excluding carboxylic acids is 1. The monoisotopic (exact) mass is 382 g/mol. The Labute approximate surface area is 165 Å². The molecule has 0 spiro atoms. The third-order valence-electron chi connectivity index (χ3n) is 5.13. The van der Waals surface area contributed by atoms with Crippen LogP contribution in [0.15, 0.2) is 18.2 Å². The Kier molecular flexibility index (Phi) is 9.45. The van der Waals surface area contributed by atoms with E-state index in [-0.39, 0.29) is 18.3 Å². The summed E-state index contributed by atoms with van der Waals surface area (Å²) in [6, 6.07) is 6.13. The molecule has 5 heteroatoms. The second-order valence-electron chi connectivity index (χ2n) is 7.51. The van der Waals surface area contributed by atoms with Gasteiger partial charge < -0.3 is 15.0 Å². The number of nitrogens with one attached hydrogen (secondary N) is 1. The Morgan fingerprint density at radius 1 is 1.27 bits per heavy atom. The van der Waals surface area contributed by atoms with Gasteiger partial charge in [-0.15, -0.1) is 12.4 Å². The van der Waals surface area contributed by atoms with Gasteiger partial charge in [-0.25, -0.2) is 0 Å². The Hall–Kier alpha value is -1.26. The second kappa shape index (κ2) is 10.8. The third-order valence-corrected chi connectivity index (χ3v) is 5.13. The van der Waals surface area contributed by atoms with Crippen molar-refractivity contribution in [1.29, 1.82) is 0 Å². The van der Waals surface area contributed by atoms with Crippen molar-refractivity contribution in [2.45, 2.75) is 59.5 Å². The number of nitrogens with zero attached hydrogens (tertiary/aromatic N) is 1. The van der Waals surface area contributed by atoms with E-state index in [9.17, 15) is 4.79 Å². The number of carbonyl (C=O) groups is 1. The van der Waals surface area contributed by atoms with Crippen molar-refractivity contribution >= 4 is 18.3 Å². The molecule has 0 aliphatic carbocycles. The van der Waals surface area contributed by atoms with Crippen molar-refractivity contribution in [3.05, 3.63) is 29.3 Å². The van der Waals surface area contributed by atoms with E-state index < -0.39 is 6.10 Å². The van der Waals surface area contributed by atoms with Crippen molar-refractivity contribution in [3.8, 4) is 5.75 Å². The predicted molar refractivity (Wildman–Crippen MR) is 110 cm³/mol. The summed E-state index contributed by atoms with van der Waals surface area (Å²) in [7, 11) is 0. The van der Waals surface area contributed by atoms with Gasteiger partial charge >= 0.3 is 0 Å². The number of amides is 1. The second-order valence-corrected chi connectivity index (χ2v) is 7.51. The number of likely N-dealkylation sites (tertiary alicyclic amines) is 1. The summed E-state index contributed by atoms with van der Waals surface area (Å²) >= 11 is 0. The molecule has 1 unspecified atom stereocenters. The molecule has 4 nitrogen and oxygen atoms in total. The van der Waals surface area contributed by atoms with E-state index in [1.165, 1.54) is 11.1 Å². The number of ether oxygens (including phenoxy) is 1. The fourth-order valence-corrected chi connectivity index (χ4v) is 3.59. The molecule has 1 saturated heterocycles. The Bertz CT molecular complexity index is 569. The van der Waals surface area contributed by atoms with Crippen LogP contribution in [0, 0.1) is 12.8 Å². The van der Waals surface area contributed by atoms with Gasteiger partial charge in [-0.05, 0) is 74.9 Å². The van der Waals surface area contributed by atoms with Crippen LogP contribution in [-0.2, 0) is 4.79 Å². The molecule has 148 valence electrons. The van der Waals surface area contributed by atoms with Crippen molar-refractivity contribution in [3.63, 3.8) is 0 Å². The molecule has 1 N–H and O–H groups in total. The standard InChI is InChI=1S/C21H34N2O2.ClH/c1-6-22-14-18-9-11-23(12-10-18)21(24)17(5)25-19-7-8-20(15(2)3)16(4)13-19;/h7-8,13,15,17-18,22H,6,9-12,14H2,1-5H3;1H. The summed E-state index contributed by atoms with van der Waals surface area (Å²) in [4.78, 5) is 14.6. The zero-order valence-corrected chi connectivity index (χ0v) is 17.7. The van der Waals surface area contributed by atoms with E-state index in [0.717, 1.165) is 44.8 Å².